The van der Waals surface area contributed by atoms with Gasteiger partial charge in [0.15, 0.2) is 5.16 Å². The van der Waals surface area contributed by atoms with E-state index in [2.05, 4.69) is 66.1 Å². The standard InChI is InChI=1S/C29H31N3OS/c1-4-6-11-23-16-17-25(19-22(23)3)33-21-28-27(15-7-5-2)31-29(34-26-13-8-9-14-26)32(28)24-12-10-18-30-20-24/h10,12,16-20,26H,4-5,8-9,13-14,21H2,1-3H3. The molecule has 0 N–H and O–H groups in total. The third-order valence-electron chi connectivity index (χ3n) is 5.78. The van der Waals surface area contributed by atoms with Crippen LogP contribution in [0.25, 0.3) is 5.69 Å². The first-order chi connectivity index (χ1) is 16.7. The lowest BCUT2D eigenvalue weighted by Gasteiger charge is -2.14. The highest BCUT2D eigenvalue weighted by atomic mass is 32.2. The van der Waals surface area contributed by atoms with Crippen LogP contribution in [0.3, 0.4) is 0 Å². The van der Waals surface area contributed by atoms with Gasteiger partial charge in [0.1, 0.15) is 18.1 Å². The summed E-state index contributed by atoms with van der Waals surface area (Å²) in [6, 6.07) is 10.1. The maximum atomic E-state index is 6.29. The van der Waals surface area contributed by atoms with Crippen molar-refractivity contribution < 1.29 is 4.74 Å². The SMILES string of the molecule is CCC#Cc1ccc(OCc2c(C#CCC)nc(SC3CCCC3)n2-c2cccnc2)cc1C. The molecule has 0 saturated heterocycles. The summed E-state index contributed by atoms with van der Waals surface area (Å²) in [4.78, 5) is 9.35. The lowest BCUT2D eigenvalue weighted by atomic mass is 10.1. The number of rotatable bonds is 6. The van der Waals surface area contributed by atoms with Crippen LogP contribution in [0.5, 0.6) is 5.75 Å². The van der Waals surface area contributed by atoms with Gasteiger partial charge in [0.25, 0.3) is 0 Å². The third-order valence-corrected chi connectivity index (χ3v) is 7.07. The number of nitrogens with zero attached hydrogens (tertiary/aromatic N) is 3. The minimum absolute atomic E-state index is 0.375. The lowest BCUT2D eigenvalue weighted by Crippen LogP contribution is -2.08. The predicted octanol–water partition coefficient (Wildman–Crippen LogP) is 6.71. The summed E-state index contributed by atoms with van der Waals surface area (Å²) in [6.07, 6.45) is 10.4. The Morgan fingerprint density at radius 1 is 1.09 bits per heavy atom. The van der Waals surface area contributed by atoms with E-state index in [-0.39, 0.29) is 0 Å². The molecule has 1 aromatic carbocycles. The monoisotopic (exact) mass is 469 g/mol. The van der Waals surface area contributed by atoms with E-state index < -0.39 is 0 Å². The number of benzene rings is 1. The molecule has 1 saturated carbocycles. The minimum atomic E-state index is 0.375. The fourth-order valence-corrected chi connectivity index (χ4v) is 5.36. The van der Waals surface area contributed by atoms with Gasteiger partial charge in [-0.2, -0.15) is 0 Å². The van der Waals surface area contributed by atoms with E-state index in [1.807, 2.05) is 36.2 Å². The molecule has 0 unspecified atom stereocenters. The molecular weight excluding hydrogens is 438 g/mol. The average Bonchev–Trinajstić information content (AvgIpc) is 3.49. The molecule has 1 fully saturated rings. The summed E-state index contributed by atoms with van der Waals surface area (Å²) < 4.78 is 8.48. The Morgan fingerprint density at radius 2 is 1.88 bits per heavy atom. The van der Waals surface area contributed by atoms with Crippen LogP contribution in [0, 0.1) is 30.6 Å². The molecule has 2 heterocycles. The van der Waals surface area contributed by atoms with Crippen molar-refractivity contribution in [1.29, 1.82) is 0 Å². The summed E-state index contributed by atoms with van der Waals surface area (Å²) in [5.41, 5.74) is 4.89. The topological polar surface area (TPSA) is 39.9 Å². The van der Waals surface area contributed by atoms with Crippen LogP contribution in [0.4, 0.5) is 0 Å². The molecule has 4 rings (SSSR count). The zero-order chi connectivity index (χ0) is 23.8. The first kappa shape index (κ1) is 24.0. The molecular formula is C29H31N3OS. The second kappa shape index (κ2) is 11.8. The molecule has 1 aliphatic carbocycles. The average molecular weight is 470 g/mol. The zero-order valence-electron chi connectivity index (χ0n) is 20.2. The zero-order valence-corrected chi connectivity index (χ0v) is 21.0. The van der Waals surface area contributed by atoms with Crippen molar-refractivity contribution in [3.8, 4) is 35.1 Å². The second-order valence-corrected chi connectivity index (χ2v) is 9.60. The maximum absolute atomic E-state index is 6.29. The van der Waals surface area contributed by atoms with Crippen molar-refractivity contribution in [2.45, 2.75) is 76.3 Å². The molecule has 0 atom stereocenters. The van der Waals surface area contributed by atoms with E-state index in [9.17, 15) is 0 Å². The van der Waals surface area contributed by atoms with Crippen molar-refractivity contribution in [2.75, 3.05) is 0 Å². The normalized spacial score (nSPS) is 13.1. The number of imidazole rings is 1. The molecule has 174 valence electrons. The molecule has 5 heteroatoms. The third kappa shape index (κ3) is 5.85. The molecule has 0 spiro atoms. The Hall–Kier alpha value is -3.15. The van der Waals surface area contributed by atoms with Crippen LogP contribution in [0.1, 0.15) is 74.9 Å². The van der Waals surface area contributed by atoms with Gasteiger partial charge in [-0.15, -0.1) is 0 Å². The molecule has 0 radical (unpaired) electrons. The Morgan fingerprint density at radius 3 is 2.59 bits per heavy atom. The van der Waals surface area contributed by atoms with Gasteiger partial charge in [0.2, 0.25) is 0 Å². The van der Waals surface area contributed by atoms with Crippen LogP contribution in [0.15, 0.2) is 47.9 Å². The number of ether oxygens (including phenoxy) is 1. The van der Waals surface area contributed by atoms with E-state index in [0.717, 1.165) is 51.9 Å². The summed E-state index contributed by atoms with van der Waals surface area (Å²) in [5, 5.41) is 1.57. The van der Waals surface area contributed by atoms with Crippen molar-refractivity contribution in [3.05, 3.63) is 65.2 Å². The number of hydrogen-bond acceptors (Lipinski definition) is 4. The Bertz CT molecular complexity index is 1240. The molecule has 0 aliphatic heterocycles. The van der Waals surface area contributed by atoms with Gasteiger partial charge in [-0.3, -0.25) is 9.55 Å². The summed E-state index contributed by atoms with van der Waals surface area (Å²) >= 11 is 1.86. The fraction of sp³-hybridized carbons (Fsp3) is 0.379. The smallest absolute Gasteiger partial charge is 0.174 e. The largest absolute Gasteiger partial charge is 0.487 e. The van der Waals surface area contributed by atoms with Crippen molar-refractivity contribution in [3.63, 3.8) is 0 Å². The van der Waals surface area contributed by atoms with Gasteiger partial charge in [0, 0.05) is 29.9 Å². The highest BCUT2D eigenvalue weighted by Gasteiger charge is 2.24. The van der Waals surface area contributed by atoms with Gasteiger partial charge >= 0.3 is 0 Å². The van der Waals surface area contributed by atoms with Crippen LogP contribution in [0.2, 0.25) is 0 Å². The van der Waals surface area contributed by atoms with Crippen LogP contribution < -0.4 is 4.74 Å². The Labute approximate surface area is 207 Å². The van der Waals surface area contributed by atoms with E-state index >= 15 is 0 Å². The molecule has 1 aliphatic rings. The van der Waals surface area contributed by atoms with Crippen LogP contribution in [-0.4, -0.2) is 19.8 Å². The molecule has 0 bridgehead atoms. The molecule has 2 aromatic heterocycles. The predicted molar refractivity (Wildman–Crippen MR) is 139 cm³/mol. The van der Waals surface area contributed by atoms with Crippen molar-refractivity contribution in [1.82, 2.24) is 14.5 Å². The number of aromatic nitrogens is 3. The molecule has 34 heavy (non-hydrogen) atoms. The van der Waals surface area contributed by atoms with E-state index in [0.29, 0.717) is 11.9 Å². The van der Waals surface area contributed by atoms with Gasteiger partial charge in [-0.05, 0) is 61.6 Å². The highest BCUT2D eigenvalue weighted by molar-refractivity contribution is 7.99. The van der Waals surface area contributed by atoms with E-state index in [1.165, 1.54) is 25.7 Å². The quantitative estimate of drug-likeness (QED) is 0.376. The molecule has 3 aromatic rings. The summed E-state index contributed by atoms with van der Waals surface area (Å²) in [6.45, 7) is 6.56. The molecule has 4 nitrogen and oxygen atoms in total. The summed E-state index contributed by atoms with van der Waals surface area (Å²) in [7, 11) is 0. The Kier molecular flexibility index (Phi) is 8.34. The van der Waals surface area contributed by atoms with Gasteiger partial charge < -0.3 is 4.74 Å². The van der Waals surface area contributed by atoms with Crippen LogP contribution in [-0.2, 0) is 6.61 Å². The number of pyridine rings is 1. The minimum Gasteiger partial charge on any atom is -0.487 e. The van der Waals surface area contributed by atoms with Crippen molar-refractivity contribution in [2.24, 2.45) is 0 Å². The first-order valence-corrected chi connectivity index (χ1v) is 13.0. The van der Waals surface area contributed by atoms with E-state index in [1.54, 1.807) is 6.20 Å². The lowest BCUT2D eigenvalue weighted by molar-refractivity contribution is 0.297. The van der Waals surface area contributed by atoms with Gasteiger partial charge in [0.05, 0.1) is 17.6 Å². The fourth-order valence-electron chi connectivity index (χ4n) is 4.02. The maximum Gasteiger partial charge on any atom is 0.174 e. The second-order valence-electron chi connectivity index (χ2n) is 8.34. The summed E-state index contributed by atoms with van der Waals surface area (Å²) in [5.74, 6) is 13.7. The van der Waals surface area contributed by atoms with E-state index in [4.69, 9.17) is 9.72 Å². The van der Waals surface area contributed by atoms with Gasteiger partial charge in [-0.25, -0.2) is 4.98 Å². The molecule has 0 amide bonds. The number of hydrogen-bond donors (Lipinski definition) is 0. The van der Waals surface area contributed by atoms with Gasteiger partial charge in [-0.1, -0.05) is 56.2 Å². The van der Waals surface area contributed by atoms with Crippen molar-refractivity contribution >= 4 is 11.8 Å². The number of aryl methyl sites for hydroxylation is 1. The highest BCUT2D eigenvalue weighted by Crippen LogP contribution is 2.36. The Balaban J connectivity index is 1.69. The first-order valence-electron chi connectivity index (χ1n) is 12.1. The van der Waals surface area contributed by atoms with Crippen LogP contribution >= 0.6 is 11.8 Å². The number of thioether (sulfide) groups is 1.